The van der Waals surface area contributed by atoms with E-state index in [1.54, 1.807) is 23.2 Å². The Morgan fingerprint density at radius 3 is 2.71 bits per heavy atom. The van der Waals surface area contributed by atoms with Gasteiger partial charge in [-0.05, 0) is 17.7 Å². The number of aliphatic hydroxyl groups is 1. The van der Waals surface area contributed by atoms with E-state index in [0.29, 0.717) is 31.7 Å². The quantitative estimate of drug-likeness (QED) is 0.805. The third-order valence-corrected chi connectivity index (χ3v) is 4.05. The molecule has 0 unspecified atom stereocenters. The Balaban J connectivity index is 2.07. The van der Waals surface area contributed by atoms with Gasteiger partial charge in [0, 0.05) is 43.3 Å². The third-order valence-electron chi connectivity index (χ3n) is 4.05. The number of aromatic amines is 1. The number of aliphatic hydroxyl groups excluding tert-OH is 1. The Labute approximate surface area is 121 Å². The molecule has 2 heterocycles. The lowest BCUT2D eigenvalue weighted by molar-refractivity contribution is -0.118. The fraction of sp³-hybridized carbons (Fsp3) is 0.467. The highest BCUT2D eigenvalue weighted by atomic mass is 19.3. The van der Waals surface area contributed by atoms with Crippen LogP contribution in [-0.4, -0.2) is 53.7 Å². The predicted molar refractivity (Wildman–Crippen MR) is 77.5 cm³/mol. The monoisotopic (exact) mass is 295 g/mol. The molecule has 1 fully saturated rings. The highest BCUT2D eigenvalue weighted by Gasteiger charge is 2.44. The van der Waals surface area contributed by atoms with Gasteiger partial charge in [-0.2, -0.15) is 0 Å². The lowest BCUT2D eigenvalue weighted by Gasteiger charge is -2.39. The molecule has 1 aliphatic heterocycles. The summed E-state index contributed by atoms with van der Waals surface area (Å²) in [4.78, 5) is 4.81. The molecule has 0 aliphatic carbocycles. The zero-order valence-corrected chi connectivity index (χ0v) is 11.6. The first-order valence-electron chi connectivity index (χ1n) is 7.13. The zero-order chi connectivity index (χ0) is 14.9. The molecule has 1 aromatic carbocycles. The fourth-order valence-electron chi connectivity index (χ4n) is 3.07. The Bertz CT molecular complexity index is 608. The lowest BCUT2D eigenvalue weighted by Crippen LogP contribution is -2.51. The number of alkyl halides is 2. The van der Waals surface area contributed by atoms with Gasteiger partial charge < -0.3 is 15.4 Å². The SMILES string of the molecule is OCC(F)(F)[C@H](c1cccc2[nH]ccc12)N1CCNCC1. The highest BCUT2D eigenvalue weighted by Crippen LogP contribution is 2.39. The third kappa shape index (κ3) is 2.66. The smallest absolute Gasteiger partial charge is 0.289 e. The molecular formula is C15H19F2N3O. The number of piperazine rings is 1. The van der Waals surface area contributed by atoms with Crippen molar-refractivity contribution in [2.45, 2.75) is 12.0 Å². The maximum absolute atomic E-state index is 14.4. The predicted octanol–water partition coefficient (Wildman–Crippen LogP) is 1.74. The van der Waals surface area contributed by atoms with E-state index in [4.69, 9.17) is 0 Å². The van der Waals surface area contributed by atoms with Gasteiger partial charge in [0.15, 0.2) is 0 Å². The van der Waals surface area contributed by atoms with Crippen LogP contribution >= 0.6 is 0 Å². The van der Waals surface area contributed by atoms with Gasteiger partial charge >= 0.3 is 0 Å². The number of hydrogen-bond acceptors (Lipinski definition) is 3. The number of rotatable bonds is 4. The zero-order valence-electron chi connectivity index (χ0n) is 11.6. The van der Waals surface area contributed by atoms with E-state index in [-0.39, 0.29) is 0 Å². The van der Waals surface area contributed by atoms with Gasteiger partial charge in [-0.3, -0.25) is 4.90 Å². The Kier molecular flexibility index (Phi) is 3.93. The standard InChI is InChI=1S/C15H19F2N3O/c16-15(17,10-21)14(20-8-6-18-7-9-20)12-2-1-3-13-11(12)4-5-19-13/h1-5,14,18-19,21H,6-10H2/t14-/m0/s1. The van der Waals surface area contributed by atoms with Crippen molar-refractivity contribution >= 4 is 10.9 Å². The molecule has 1 aromatic heterocycles. The molecular weight excluding hydrogens is 276 g/mol. The summed E-state index contributed by atoms with van der Waals surface area (Å²) in [5.74, 6) is -3.18. The molecule has 6 heteroatoms. The minimum absolute atomic E-state index is 0.543. The van der Waals surface area contributed by atoms with Crippen LogP contribution in [0.3, 0.4) is 0 Å². The summed E-state index contributed by atoms with van der Waals surface area (Å²) in [6.45, 7) is 1.30. The van der Waals surface area contributed by atoms with E-state index in [0.717, 1.165) is 10.9 Å². The number of fused-ring (bicyclic) bond motifs is 1. The van der Waals surface area contributed by atoms with Gasteiger partial charge in [0.05, 0.1) is 0 Å². The van der Waals surface area contributed by atoms with Crippen LogP contribution < -0.4 is 5.32 Å². The maximum Gasteiger partial charge on any atom is 0.289 e. The summed E-state index contributed by atoms with van der Waals surface area (Å²) in [5.41, 5.74) is 1.40. The minimum Gasteiger partial charge on any atom is -0.390 e. The fourth-order valence-corrected chi connectivity index (χ4v) is 3.07. The molecule has 4 nitrogen and oxygen atoms in total. The molecule has 1 saturated heterocycles. The van der Waals surface area contributed by atoms with Crippen molar-refractivity contribution in [1.82, 2.24) is 15.2 Å². The van der Waals surface area contributed by atoms with Gasteiger partial charge in [-0.25, -0.2) is 8.78 Å². The minimum atomic E-state index is -3.18. The second kappa shape index (κ2) is 5.71. The molecule has 1 atom stereocenters. The van der Waals surface area contributed by atoms with Crippen LogP contribution in [0.1, 0.15) is 11.6 Å². The second-order valence-corrected chi connectivity index (χ2v) is 5.39. The summed E-state index contributed by atoms with van der Waals surface area (Å²) in [6, 6.07) is 6.07. The van der Waals surface area contributed by atoms with E-state index < -0.39 is 18.6 Å². The number of aromatic nitrogens is 1. The molecule has 0 radical (unpaired) electrons. The van der Waals surface area contributed by atoms with Gasteiger partial charge in [-0.1, -0.05) is 12.1 Å². The van der Waals surface area contributed by atoms with Crippen molar-refractivity contribution < 1.29 is 13.9 Å². The summed E-state index contributed by atoms with van der Waals surface area (Å²) < 4.78 is 28.8. The summed E-state index contributed by atoms with van der Waals surface area (Å²) in [6.07, 6.45) is 1.75. The van der Waals surface area contributed by atoms with E-state index >= 15 is 0 Å². The Hall–Kier alpha value is -1.50. The number of hydrogen-bond donors (Lipinski definition) is 3. The first kappa shape index (κ1) is 14.4. The normalized spacial score (nSPS) is 19.0. The van der Waals surface area contributed by atoms with Crippen LogP contribution in [0.2, 0.25) is 0 Å². The highest BCUT2D eigenvalue weighted by molar-refractivity contribution is 5.83. The summed E-state index contributed by atoms with van der Waals surface area (Å²) >= 11 is 0. The second-order valence-electron chi connectivity index (χ2n) is 5.39. The summed E-state index contributed by atoms with van der Waals surface area (Å²) in [5, 5.41) is 13.1. The van der Waals surface area contributed by atoms with Crippen LogP contribution in [0.4, 0.5) is 8.78 Å². The number of nitrogens with one attached hydrogen (secondary N) is 2. The van der Waals surface area contributed by atoms with E-state index in [1.807, 2.05) is 12.1 Å². The van der Waals surface area contributed by atoms with Crippen molar-refractivity contribution in [2.75, 3.05) is 32.8 Å². The average Bonchev–Trinajstić information content (AvgIpc) is 2.98. The van der Waals surface area contributed by atoms with Crippen molar-refractivity contribution in [3.8, 4) is 0 Å². The number of halogens is 2. The Morgan fingerprint density at radius 1 is 1.24 bits per heavy atom. The molecule has 21 heavy (non-hydrogen) atoms. The Morgan fingerprint density at radius 2 is 2.00 bits per heavy atom. The molecule has 2 aromatic rings. The molecule has 1 aliphatic rings. The average molecular weight is 295 g/mol. The molecule has 0 amide bonds. The largest absolute Gasteiger partial charge is 0.390 e. The number of benzene rings is 1. The number of nitrogens with zero attached hydrogens (tertiary/aromatic N) is 1. The number of H-pyrrole nitrogens is 1. The first-order valence-corrected chi connectivity index (χ1v) is 7.13. The van der Waals surface area contributed by atoms with Gasteiger partial charge in [0.1, 0.15) is 12.6 Å². The lowest BCUT2D eigenvalue weighted by atomic mass is 9.95. The van der Waals surface area contributed by atoms with Gasteiger partial charge in [0.25, 0.3) is 5.92 Å². The van der Waals surface area contributed by atoms with E-state index in [2.05, 4.69) is 10.3 Å². The van der Waals surface area contributed by atoms with Crippen LogP contribution in [0.15, 0.2) is 30.5 Å². The van der Waals surface area contributed by atoms with Crippen LogP contribution in [0, 0.1) is 0 Å². The van der Waals surface area contributed by atoms with Crippen LogP contribution in [-0.2, 0) is 0 Å². The first-order chi connectivity index (χ1) is 10.1. The summed E-state index contributed by atoms with van der Waals surface area (Å²) in [7, 11) is 0. The molecule has 114 valence electrons. The van der Waals surface area contributed by atoms with Crippen molar-refractivity contribution in [3.63, 3.8) is 0 Å². The maximum atomic E-state index is 14.4. The molecule has 0 bridgehead atoms. The topological polar surface area (TPSA) is 51.3 Å². The van der Waals surface area contributed by atoms with Crippen LogP contribution in [0.25, 0.3) is 10.9 Å². The van der Waals surface area contributed by atoms with Crippen LogP contribution in [0.5, 0.6) is 0 Å². The van der Waals surface area contributed by atoms with Crippen molar-refractivity contribution in [2.24, 2.45) is 0 Å². The van der Waals surface area contributed by atoms with E-state index in [1.165, 1.54) is 0 Å². The molecule has 0 saturated carbocycles. The molecule has 3 rings (SSSR count). The molecule has 0 spiro atoms. The van der Waals surface area contributed by atoms with Crippen molar-refractivity contribution in [1.29, 1.82) is 0 Å². The molecule has 3 N–H and O–H groups in total. The van der Waals surface area contributed by atoms with Gasteiger partial charge in [-0.15, -0.1) is 0 Å². The van der Waals surface area contributed by atoms with Gasteiger partial charge in [0.2, 0.25) is 0 Å². The van der Waals surface area contributed by atoms with E-state index in [9.17, 15) is 13.9 Å². The van der Waals surface area contributed by atoms with Crippen molar-refractivity contribution in [3.05, 3.63) is 36.0 Å².